The molecule has 0 radical (unpaired) electrons. The molecule has 2 aromatic heterocycles. The minimum atomic E-state index is -1.00. The molecule has 0 atom stereocenters. The molecule has 100 valence electrons. The van der Waals surface area contributed by atoms with Crippen LogP contribution in [0, 0.1) is 6.92 Å². The van der Waals surface area contributed by atoms with Crippen LogP contribution >= 0.6 is 0 Å². The van der Waals surface area contributed by atoms with Gasteiger partial charge in [-0.15, -0.1) is 5.10 Å². The van der Waals surface area contributed by atoms with Gasteiger partial charge in [0.15, 0.2) is 0 Å². The van der Waals surface area contributed by atoms with E-state index in [0.717, 1.165) is 11.3 Å². The largest absolute Gasteiger partial charge is 0.478 e. The van der Waals surface area contributed by atoms with Crippen molar-refractivity contribution in [1.29, 1.82) is 0 Å². The first-order valence-corrected chi connectivity index (χ1v) is 6.12. The second kappa shape index (κ2) is 4.73. The van der Waals surface area contributed by atoms with Crippen molar-refractivity contribution in [2.45, 2.75) is 13.5 Å². The van der Waals surface area contributed by atoms with E-state index in [9.17, 15) is 4.79 Å². The van der Waals surface area contributed by atoms with Crippen LogP contribution in [0.5, 0.6) is 0 Å². The molecule has 6 nitrogen and oxygen atoms in total. The Morgan fingerprint density at radius 1 is 1.30 bits per heavy atom. The van der Waals surface area contributed by atoms with Gasteiger partial charge in [-0.1, -0.05) is 17.3 Å². The Kier molecular flexibility index (Phi) is 2.90. The van der Waals surface area contributed by atoms with Crippen LogP contribution < -0.4 is 0 Å². The SMILES string of the molecule is Cc1ccc(Cn2nnc3c(C(=O)O)cccc32)cn1. The number of carbonyl (C=O) groups is 1. The van der Waals surface area contributed by atoms with Crippen molar-refractivity contribution in [3.8, 4) is 0 Å². The molecule has 0 aliphatic heterocycles. The number of carboxylic acid groups (broad SMARTS) is 1. The number of aryl methyl sites for hydroxylation is 1. The summed E-state index contributed by atoms with van der Waals surface area (Å²) in [6.45, 7) is 2.43. The minimum absolute atomic E-state index is 0.163. The van der Waals surface area contributed by atoms with E-state index in [1.54, 1.807) is 16.9 Å². The lowest BCUT2D eigenvalue weighted by Crippen LogP contribution is -2.02. The van der Waals surface area contributed by atoms with Crippen LogP contribution in [0.25, 0.3) is 11.0 Å². The van der Waals surface area contributed by atoms with Gasteiger partial charge in [0.25, 0.3) is 0 Å². The Bertz CT molecular complexity index is 777. The molecule has 1 aromatic carbocycles. The second-order valence-corrected chi connectivity index (χ2v) is 4.53. The molecule has 0 fully saturated rings. The Balaban J connectivity index is 2.03. The summed E-state index contributed by atoms with van der Waals surface area (Å²) >= 11 is 0. The number of carboxylic acids is 1. The summed E-state index contributed by atoms with van der Waals surface area (Å²) in [5.41, 5.74) is 3.20. The van der Waals surface area contributed by atoms with Crippen LogP contribution in [0.15, 0.2) is 36.5 Å². The summed E-state index contributed by atoms with van der Waals surface area (Å²) in [6, 6.07) is 8.92. The summed E-state index contributed by atoms with van der Waals surface area (Å²) in [5, 5.41) is 17.1. The normalized spacial score (nSPS) is 10.8. The third-order valence-corrected chi connectivity index (χ3v) is 3.08. The summed E-state index contributed by atoms with van der Waals surface area (Å²) in [5.74, 6) is -1.00. The molecule has 20 heavy (non-hydrogen) atoms. The number of fused-ring (bicyclic) bond motifs is 1. The maximum atomic E-state index is 11.1. The Labute approximate surface area is 114 Å². The molecule has 0 amide bonds. The predicted octanol–water partition coefficient (Wildman–Crippen LogP) is 1.88. The molecule has 1 N–H and O–H groups in total. The highest BCUT2D eigenvalue weighted by atomic mass is 16.4. The lowest BCUT2D eigenvalue weighted by atomic mass is 10.2. The van der Waals surface area contributed by atoms with Gasteiger partial charge in [0, 0.05) is 11.9 Å². The van der Waals surface area contributed by atoms with E-state index in [4.69, 9.17) is 5.11 Å². The minimum Gasteiger partial charge on any atom is -0.478 e. The van der Waals surface area contributed by atoms with Crippen LogP contribution in [0.3, 0.4) is 0 Å². The van der Waals surface area contributed by atoms with Gasteiger partial charge in [-0.25, -0.2) is 9.48 Å². The quantitative estimate of drug-likeness (QED) is 0.784. The first-order valence-electron chi connectivity index (χ1n) is 6.12. The standard InChI is InChI=1S/C14H12N4O2/c1-9-5-6-10(7-15-9)8-18-12-4-2-3-11(14(19)20)13(12)16-17-18/h2-7H,8H2,1H3,(H,19,20). The zero-order chi connectivity index (χ0) is 14.1. The highest BCUT2D eigenvalue weighted by molar-refractivity contribution is 6.00. The van der Waals surface area contributed by atoms with E-state index in [-0.39, 0.29) is 5.56 Å². The van der Waals surface area contributed by atoms with Gasteiger partial charge in [-0.3, -0.25) is 4.98 Å². The van der Waals surface area contributed by atoms with Crippen molar-refractivity contribution < 1.29 is 9.90 Å². The van der Waals surface area contributed by atoms with E-state index in [1.165, 1.54) is 6.07 Å². The molecule has 0 aliphatic rings. The number of hydrogen-bond donors (Lipinski definition) is 1. The van der Waals surface area contributed by atoms with Gasteiger partial charge in [0.2, 0.25) is 0 Å². The first-order chi connectivity index (χ1) is 9.65. The van der Waals surface area contributed by atoms with Crippen LogP contribution in [-0.2, 0) is 6.54 Å². The highest BCUT2D eigenvalue weighted by Crippen LogP contribution is 2.17. The molecule has 0 aliphatic carbocycles. The van der Waals surface area contributed by atoms with Crippen molar-refractivity contribution in [3.05, 3.63) is 53.3 Å². The van der Waals surface area contributed by atoms with Crippen LogP contribution in [0.1, 0.15) is 21.6 Å². The molecule has 0 saturated heterocycles. The highest BCUT2D eigenvalue weighted by Gasteiger charge is 2.13. The summed E-state index contributed by atoms with van der Waals surface area (Å²) in [6.07, 6.45) is 1.78. The van der Waals surface area contributed by atoms with Gasteiger partial charge in [-0.2, -0.15) is 0 Å². The van der Waals surface area contributed by atoms with Gasteiger partial charge in [0.05, 0.1) is 17.6 Å². The molecule has 3 aromatic rings. The van der Waals surface area contributed by atoms with E-state index in [0.29, 0.717) is 17.6 Å². The average Bonchev–Trinajstić information content (AvgIpc) is 2.84. The van der Waals surface area contributed by atoms with Gasteiger partial charge in [-0.05, 0) is 30.7 Å². The number of hydrogen-bond acceptors (Lipinski definition) is 4. The zero-order valence-electron chi connectivity index (χ0n) is 10.8. The van der Waals surface area contributed by atoms with E-state index in [2.05, 4.69) is 15.3 Å². The van der Waals surface area contributed by atoms with E-state index in [1.807, 2.05) is 25.1 Å². The lowest BCUT2D eigenvalue weighted by Gasteiger charge is -2.03. The van der Waals surface area contributed by atoms with Crippen LogP contribution in [0.4, 0.5) is 0 Å². The molecular weight excluding hydrogens is 256 g/mol. The average molecular weight is 268 g/mol. The Hall–Kier alpha value is -2.76. The lowest BCUT2D eigenvalue weighted by molar-refractivity contribution is 0.0699. The monoisotopic (exact) mass is 268 g/mol. The summed E-state index contributed by atoms with van der Waals surface area (Å²) in [7, 11) is 0. The van der Waals surface area contributed by atoms with E-state index < -0.39 is 5.97 Å². The summed E-state index contributed by atoms with van der Waals surface area (Å²) in [4.78, 5) is 15.4. The topological polar surface area (TPSA) is 80.9 Å². The van der Waals surface area contributed by atoms with Crippen molar-refractivity contribution in [2.75, 3.05) is 0 Å². The Morgan fingerprint density at radius 3 is 2.85 bits per heavy atom. The number of aromatic carboxylic acids is 1. The maximum absolute atomic E-state index is 11.1. The fourth-order valence-electron chi connectivity index (χ4n) is 2.05. The number of benzene rings is 1. The molecule has 0 saturated carbocycles. The van der Waals surface area contributed by atoms with Crippen molar-refractivity contribution >= 4 is 17.0 Å². The Morgan fingerprint density at radius 2 is 2.15 bits per heavy atom. The molecule has 6 heteroatoms. The molecule has 0 bridgehead atoms. The van der Waals surface area contributed by atoms with Gasteiger partial charge >= 0.3 is 5.97 Å². The van der Waals surface area contributed by atoms with Gasteiger partial charge < -0.3 is 5.11 Å². The summed E-state index contributed by atoms with van der Waals surface area (Å²) < 4.78 is 1.67. The zero-order valence-corrected chi connectivity index (χ0v) is 10.8. The third kappa shape index (κ3) is 2.11. The van der Waals surface area contributed by atoms with Crippen LogP contribution in [-0.4, -0.2) is 31.1 Å². The smallest absolute Gasteiger partial charge is 0.338 e. The molecule has 0 spiro atoms. The first kappa shape index (κ1) is 12.3. The fraction of sp³-hybridized carbons (Fsp3) is 0.143. The third-order valence-electron chi connectivity index (χ3n) is 3.08. The number of pyridine rings is 1. The number of nitrogens with zero attached hydrogens (tertiary/aromatic N) is 4. The van der Waals surface area contributed by atoms with Gasteiger partial charge in [0.1, 0.15) is 5.52 Å². The molecule has 2 heterocycles. The van der Waals surface area contributed by atoms with Crippen molar-refractivity contribution in [1.82, 2.24) is 20.0 Å². The van der Waals surface area contributed by atoms with E-state index >= 15 is 0 Å². The second-order valence-electron chi connectivity index (χ2n) is 4.53. The molecule has 0 unspecified atom stereocenters. The number of aromatic nitrogens is 4. The van der Waals surface area contributed by atoms with Crippen LogP contribution in [0.2, 0.25) is 0 Å². The fourth-order valence-corrected chi connectivity index (χ4v) is 2.05. The number of rotatable bonds is 3. The maximum Gasteiger partial charge on any atom is 0.338 e. The molecule has 3 rings (SSSR count). The van der Waals surface area contributed by atoms with Crippen molar-refractivity contribution in [3.63, 3.8) is 0 Å². The predicted molar refractivity (Wildman–Crippen MR) is 72.6 cm³/mol. The molecular formula is C14H12N4O2. The van der Waals surface area contributed by atoms with Crippen molar-refractivity contribution in [2.24, 2.45) is 0 Å².